The number of piperidine rings is 2. The Hall–Kier alpha value is -2.25. The van der Waals surface area contributed by atoms with Crippen LogP contribution in [0.2, 0.25) is 0 Å². The second kappa shape index (κ2) is 7.22. The van der Waals surface area contributed by atoms with E-state index in [1.807, 2.05) is 12.1 Å². The number of carbonyl (C=O) groups is 3. The standard InChI is InChI=1S/C22H28N4O3/c23-18-12-25(10-14-2-1-3-16(14)18)9-13-4-5-15-11-26(22(29)17(15)8-13)19-6-7-20(27)24-21(19)28/h4-5,8,14,16,18-19H,1-3,6-7,9-12,23H2,(H,24,27,28)/t14-,16-,18+,19?/m0/s1. The Morgan fingerprint density at radius 3 is 2.79 bits per heavy atom. The van der Waals surface area contributed by atoms with Crippen LogP contribution >= 0.6 is 0 Å². The maximum Gasteiger partial charge on any atom is 0.255 e. The minimum Gasteiger partial charge on any atom is -0.326 e. The van der Waals surface area contributed by atoms with E-state index in [0.29, 0.717) is 30.4 Å². The summed E-state index contributed by atoms with van der Waals surface area (Å²) in [5.74, 6) is 0.647. The van der Waals surface area contributed by atoms with Gasteiger partial charge in [0.05, 0.1) is 0 Å². The van der Waals surface area contributed by atoms with Gasteiger partial charge in [-0.2, -0.15) is 0 Å². The Bertz CT molecular complexity index is 870. The van der Waals surface area contributed by atoms with E-state index in [9.17, 15) is 14.4 Å². The zero-order valence-electron chi connectivity index (χ0n) is 16.6. The summed E-state index contributed by atoms with van der Waals surface area (Å²) in [5.41, 5.74) is 9.19. The molecule has 1 saturated carbocycles. The number of carbonyl (C=O) groups excluding carboxylic acids is 3. The van der Waals surface area contributed by atoms with E-state index in [4.69, 9.17) is 5.73 Å². The highest BCUT2D eigenvalue weighted by Crippen LogP contribution is 2.38. The molecule has 1 aromatic carbocycles. The Morgan fingerprint density at radius 2 is 1.97 bits per heavy atom. The number of amides is 3. The molecule has 0 radical (unpaired) electrons. The minimum absolute atomic E-state index is 0.109. The SMILES string of the molecule is N[C@@H]1CN(Cc2ccc3c(c2)C(=O)N(C2CCC(=O)NC2=O)C3)C[C@@H]2CCC[C@@H]21. The molecule has 0 spiro atoms. The van der Waals surface area contributed by atoms with Crippen molar-refractivity contribution >= 4 is 17.7 Å². The first kappa shape index (κ1) is 18.8. The zero-order chi connectivity index (χ0) is 20.1. The van der Waals surface area contributed by atoms with Gasteiger partial charge in [0.15, 0.2) is 0 Å². The Balaban J connectivity index is 1.29. The van der Waals surface area contributed by atoms with Crippen LogP contribution in [0.3, 0.4) is 0 Å². The van der Waals surface area contributed by atoms with Crippen molar-refractivity contribution in [1.29, 1.82) is 0 Å². The zero-order valence-corrected chi connectivity index (χ0v) is 16.6. The van der Waals surface area contributed by atoms with Crippen molar-refractivity contribution in [1.82, 2.24) is 15.1 Å². The van der Waals surface area contributed by atoms with Crippen molar-refractivity contribution in [3.63, 3.8) is 0 Å². The van der Waals surface area contributed by atoms with Crippen LogP contribution in [-0.2, 0) is 22.7 Å². The predicted octanol–water partition coefficient (Wildman–Crippen LogP) is 1.01. The normalized spacial score (nSPS) is 32.3. The fourth-order valence-electron chi connectivity index (χ4n) is 5.78. The molecule has 1 unspecified atom stereocenters. The number of nitrogens with one attached hydrogen (secondary N) is 1. The fraction of sp³-hybridized carbons (Fsp3) is 0.591. The van der Waals surface area contributed by atoms with Gasteiger partial charge in [-0.05, 0) is 48.3 Å². The van der Waals surface area contributed by atoms with Gasteiger partial charge in [0.25, 0.3) is 5.91 Å². The summed E-state index contributed by atoms with van der Waals surface area (Å²) in [6.45, 7) is 3.23. The Labute approximate surface area is 170 Å². The molecule has 3 N–H and O–H groups in total. The van der Waals surface area contributed by atoms with Gasteiger partial charge in [-0.25, -0.2) is 0 Å². The quantitative estimate of drug-likeness (QED) is 0.744. The molecule has 4 aliphatic rings. The number of likely N-dealkylation sites (tertiary alicyclic amines) is 1. The van der Waals surface area contributed by atoms with Gasteiger partial charge in [0, 0.05) is 44.2 Å². The summed E-state index contributed by atoms with van der Waals surface area (Å²) in [6.07, 6.45) is 4.51. The summed E-state index contributed by atoms with van der Waals surface area (Å²) < 4.78 is 0. The second-order valence-corrected chi connectivity index (χ2v) is 9.10. The highest BCUT2D eigenvalue weighted by atomic mass is 16.2. The molecule has 0 bridgehead atoms. The summed E-state index contributed by atoms with van der Waals surface area (Å²) >= 11 is 0. The summed E-state index contributed by atoms with van der Waals surface area (Å²) in [4.78, 5) is 40.6. The van der Waals surface area contributed by atoms with Gasteiger partial charge in [-0.1, -0.05) is 18.6 Å². The molecule has 29 heavy (non-hydrogen) atoms. The smallest absolute Gasteiger partial charge is 0.255 e. The largest absolute Gasteiger partial charge is 0.326 e. The molecule has 3 amide bonds. The van der Waals surface area contributed by atoms with Crippen molar-refractivity contribution in [3.05, 3.63) is 34.9 Å². The molecule has 1 aromatic rings. The number of fused-ring (bicyclic) bond motifs is 2. The second-order valence-electron chi connectivity index (χ2n) is 9.10. The number of hydrogen-bond donors (Lipinski definition) is 2. The monoisotopic (exact) mass is 396 g/mol. The van der Waals surface area contributed by atoms with Crippen molar-refractivity contribution in [2.75, 3.05) is 13.1 Å². The van der Waals surface area contributed by atoms with Gasteiger partial charge in [-0.3, -0.25) is 24.6 Å². The molecule has 2 saturated heterocycles. The van der Waals surface area contributed by atoms with Crippen LogP contribution in [0, 0.1) is 11.8 Å². The van der Waals surface area contributed by atoms with Crippen LogP contribution in [-0.4, -0.2) is 52.7 Å². The number of benzene rings is 1. The van der Waals surface area contributed by atoms with E-state index in [2.05, 4.69) is 16.3 Å². The molecule has 7 heteroatoms. The average Bonchev–Trinajstić information content (AvgIpc) is 3.27. The number of nitrogens with two attached hydrogens (primary N) is 1. The molecule has 5 rings (SSSR count). The molecule has 0 aromatic heterocycles. The molecule has 154 valence electrons. The number of nitrogens with zero attached hydrogens (tertiary/aromatic N) is 2. The third-order valence-electron chi connectivity index (χ3n) is 7.23. The number of rotatable bonds is 3. The molecule has 3 aliphatic heterocycles. The van der Waals surface area contributed by atoms with Crippen molar-refractivity contribution in [2.24, 2.45) is 17.6 Å². The lowest BCUT2D eigenvalue weighted by Gasteiger charge is -2.39. The average molecular weight is 396 g/mol. The third kappa shape index (κ3) is 3.36. The minimum atomic E-state index is -0.560. The fourth-order valence-corrected chi connectivity index (χ4v) is 5.78. The van der Waals surface area contributed by atoms with Crippen LogP contribution in [0.4, 0.5) is 0 Å². The first-order valence-corrected chi connectivity index (χ1v) is 10.7. The van der Waals surface area contributed by atoms with Crippen molar-refractivity contribution in [3.8, 4) is 0 Å². The lowest BCUT2D eigenvalue weighted by Crippen LogP contribution is -2.52. The van der Waals surface area contributed by atoms with Gasteiger partial charge in [0.1, 0.15) is 6.04 Å². The molecule has 1 aliphatic carbocycles. The molecule has 3 fully saturated rings. The Kier molecular flexibility index (Phi) is 4.67. The van der Waals surface area contributed by atoms with E-state index in [1.165, 1.54) is 19.3 Å². The third-order valence-corrected chi connectivity index (χ3v) is 7.23. The lowest BCUT2D eigenvalue weighted by molar-refractivity contribution is -0.136. The molecule has 4 atom stereocenters. The van der Waals surface area contributed by atoms with Crippen LogP contribution in [0.25, 0.3) is 0 Å². The van der Waals surface area contributed by atoms with Crippen LogP contribution < -0.4 is 11.1 Å². The Morgan fingerprint density at radius 1 is 1.10 bits per heavy atom. The van der Waals surface area contributed by atoms with E-state index in [1.54, 1.807) is 4.90 Å². The van der Waals surface area contributed by atoms with E-state index in [-0.39, 0.29) is 30.2 Å². The van der Waals surface area contributed by atoms with Gasteiger partial charge < -0.3 is 10.6 Å². The summed E-state index contributed by atoms with van der Waals surface area (Å²) in [7, 11) is 0. The lowest BCUT2D eigenvalue weighted by atomic mass is 9.85. The topological polar surface area (TPSA) is 95.7 Å². The van der Waals surface area contributed by atoms with Gasteiger partial charge in [-0.15, -0.1) is 0 Å². The summed E-state index contributed by atoms with van der Waals surface area (Å²) in [6, 6.07) is 5.77. The highest BCUT2D eigenvalue weighted by Gasteiger charge is 2.40. The van der Waals surface area contributed by atoms with Crippen LogP contribution in [0.5, 0.6) is 0 Å². The van der Waals surface area contributed by atoms with Crippen LogP contribution in [0.15, 0.2) is 18.2 Å². The highest BCUT2D eigenvalue weighted by molar-refractivity contribution is 6.05. The number of imide groups is 1. The van der Waals surface area contributed by atoms with E-state index >= 15 is 0 Å². The van der Waals surface area contributed by atoms with Crippen molar-refractivity contribution in [2.45, 2.75) is 57.3 Å². The van der Waals surface area contributed by atoms with Crippen molar-refractivity contribution < 1.29 is 14.4 Å². The van der Waals surface area contributed by atoms with E-state index in [0.717, 1.165) is 30.8 Å². The van der Waals surface area contributed by atoms with Gasteiger partial charge in [0.2, 0.25) is 11.8 Å². The molecule has 3 heterocycles. The van der Waals surface area contributed by atoms with Crippen LogP contribution in [0.1, 0.15) is 53.6 Å². The number of hydrogen-bond acceptors (Lipinski definition) is 5. The maximum atomic E-state index is 13.0. The van der Waals surface area contributed by atoms with E-state index < -0.39 is 6.04 Å². The van der Waals surface area contributed by atoms with Gasteiger partial charge >= 0.3 is 0 Å². The molecular weight excluding hydrogens is 368 g/mol. The first-order valence-electron chi connectivity index (χ1n) is 10.7. The first-order chi connectivity index (χ1) is 14.0. The summed E-state index contributed by atoms with van der Waals surface area (Å²) in [5, 5.41) is 2.35. The predicted molar refractivity (Wildman–Crippen MR) is 107 cm³/mol. The molecule has 7 nitrogen and oxygen atoms in total. The molecular formula is C22H28N4O3. The maximum absolute atomic E-state index is 13.0.